The molecule has 0 fully saturated rings. The van der Waals surface area contributed by atoms with Crippen molar-refractivity contribution in [3.8, 4) is 5.75 Å². The number of ether oxygens (including phenoxy) is 1. The Kier molecular flexibility index (Phi) is 7.63. The number of amides is 1. The number of methoxy groups -OCH3 is 1. The van der Waals surface area contributed by atoms with Crippen LogP contribution in [0.1, 0.15) is 5.56 Å². The predicted octanol–water partition coefficient (Wildman–Crippen LogP) is 2.44. The number of halogens is 1. The Morgan fingerprint density at radius 3 is 2.55 bits per heavy atom. The number of rotatable bonds is 8. The Morgan fingerprint density at radius 2 is 1.97 bits per heavy atom. The normalized spacial score (nSPS) is 11.3. The van der Waals surface area contributed by atoms with Crippen LogP contribution in [0.25, 0.3) is 0 Å². The average molecular weight is 483 g/mol. The van der Waals surface area contributed by atoms with Gasteiger partial charge in [-0.3, -0.25) is 9.10 Å². The van der Waals surface area contributed by atoms with Gasteiger partial charge in [-0.05, 0) is 45.8 Å². The number of carbonyl (C=O) groups is 1. The third kappa shape index (κ3) is 6.47. The molecule has 0 aliphatic heterocycles. The molecule has 2 rings (SSSR count). The molecule has 0 bridgehead atoms. The lowest BCUT2D eigenvalue weighted by molar-refractivity contribution is -0.119. The number of carbonyl (C=O) groups excluding carboxylic acids is 1. The molecule has 8 nitrogen and oxygen atoms in total. The quantitative estimate of drug-likeness (QED) is 0.460. The third-order valence-electron chi connectivity index (χ3n) is 3.89. The standard InChI is InChI=1S/C19H23BrN4O4S/c1-23(2)18-9-8-14(10-17(18)20)12-21-22-19(25)13-24(29(4,26)27)15-6-5-7-16(11-15)28-3/h5-12H,13H2,1-4H3,(H,22,25)/b21-12-. The number of nitrogens with zero attached hydrogens (tertiary/aromatic N) is 3. The van der Waals surface area contributed by atoms with Crippen LogP contribution in [-0.4, -0.2) is 54.5 Å². The van der Waals surface area contributed by atoms with Crippen LogP contribution < -0.4 is 19.4 Å². The Hall–Kier alpha value is -2.59. The maximum atomic E-state index is 12.3. The van der Waals surface area contributed by atoms with Crippen LogP contribution in [-0.2, 0) is 14.8 Å². The van der Waals surface area contributed by atoms with Gasteiger partial charge in [0.2, 0.25) is 10.0 Å². The van der Waals surface area contributed by atoms with Crippen molar-refractivity contribution in [2.24, 2.45) is 5.10 Å². The Balaban J connectivity index is 2.09. The second kappa shape index (κ2) is 9.75. The van der Waals surface area contributed by atoms with Crippen LogP contribution in [0.3, 0.4) is 0 Å². The van der Waals surface area contributed by atoms with E-state index >= 15 is 0 Å². The first-order valence-corrected chi connectivity index (χ1v) is 11.2. The molecule has 0 spiro atoms. The van der Waals surface area contributed by atoms with Crippen LogP contribution in [0, 0.1) is 0 Å². The SMILES string of the molecule is COc1cccc(N(CC(=O)N/N=C\c2ccc(N(C)C)c(Br)c2)S(C)(=O)=O)c1. The van der Waals surface area contributed by atoms with E-state index in [4.69, 9.17) is 4.74 Å². The van der Waals surface area contributed by atoms with Gasteiger partial charge in [0.1, 0.15) is 12.3 Å². The molecule has 0 unspecified atom stereocenters. The zero-order chi connectivity index (χ0) is 21.6. The summed E-state index contributed by atoms with van der Waals surface area (Å²) in [6.07, 6.45) is 2.52. The van der Waals surface area contributed by atoms with Gasteiger partial charge >= 0.3 is 0 Å². The van der Waals surface area contributed by atoms with Crippen molar-refractivity contribution in [2.75, 3.05) is 43.2 Å². The number of hydrogen-bond donors (Lipinski definition) is 1. The van der Waals surface area contributed by atoms with E-state index < -0.39 is 22.5 Å². The van der Waals surface area contributed by atoms with Crippen LogP contribution in [0.15, 0.2) is 52.0 Å². The molecule has 0 saturated heterocycles. The van der Waals surface area contributed by atoms with E-state index in [0.717, 1.165) is 26.3 Å². The molecular weight excluding hydrogens is 460 g/mol. The first-order valence-electron chi connectivity index (χ1n) is 8.52. The van der Waals surface area contributed by atoms with Crippen LogP contribution in [0.4, 0.5) is 11.4 Å². The van der Waals surface area contributed by atoms with Gasteiger partial charge in [0, 0.05) is 24.6 Å². The molecule has 0 aliphatic rings. The molecule has 0 aliphatic carbocycles. The molecule has 29 heavy (non-hydrogen) atoms. The second-order valence-electron chi connectivity index (χ2n) is 6.37. The molecular formula is C19H23BrN4O4S. The minimum absolute atomic E-state index is 0.328. The van der Waals surface area contributed by atoms with E-state index in [2.05, 4.69) is 26.5 Å². The lowest BCUT2D eigenvalue weighted by Gasteiger charge is -2.21. The number of sulfonamides is 1. The monoisotopic (exact) mass is 482 g/mol. The predicted molar refractivity (Wildman–Crippen MR) is 119 cm³/mol. The fraction of sp³-hybridized carbons (Fsp3) is 0.263. The van der Waals surface area contributed by atoms with Gasteiger partial charge in [0.05, 0.1) is 31.0 Å². The molecule has 0 saturated carbocycles. The molecule has 0 aromatic heterocycles. The van der Waals surface area contributed by atoms with Gasteiger partial charge in [0.15, 0.2) is 0 Å². The van der Waals surface area contributed by atoms with Gasteiger partial charge in [-0.1, -0.05) is 12.1 Å². The van der Waals surface area contributed by atoms with Crippen LogP contribution in [0.2, 0.25) is 0 Å². The van der Waals surface area contributed by atoms with E-state index in [1.54, 1.807) is 24.3 Å². The lowest BCUT2D eigenvalue weighted by atomic mass is 10.2. The molecule has 10 heteroatoms. The number of hydrogen-bond acceptors (Lipinski definition) is 6. The fourth-order valence-electron chi connectivity index (χ4n) is 2.48. The van der Waals surface area contributed by atoms with Crippen molar-refractivity contribution in [1.82, 2.24) is 5.43 Å². The summed E-state index contributed by atoms with van der Waals surface area (Å²) in [5.74, 6) is -0.0835. The molecule has 2 aromatic carbocycles. The molecule has 2 aromatic rings. The summed E-state index contributed by atoms with van der Waals surface area (Å²) in [4.78, 5) is 14.2. The summed E-state index contributed by atoms with van der Waals surface area (Å²) in [6.45, 7) is -0.410. The molecule has 0 heterocycles. The van der Waals surface area contributed by atoms with Crippen molar-refractivity contribution in [3.63, 3.8) is 0 Å². The van der Waals surface area contributed by atoms with Gasteiger partial charge in [0.25, 0.3) is 5.91 Å². The Labute approximate surface area is 179 Å². The van der Waals surface area contributed by atoms with E-state index in [1.807, 2.05) is 37.2 Å². The van der Waals surface area contributed by atoms with Gasteiger partial charge in [-0.2, -0.15) is 5.10 Å². The average Bonchev–Trinajstić information content (AvgIpc) is 2.65. The number of hydrazone groups is 1. The molecule has 1 amide bonds. The first-order chi connectivity index (χ1) is 13.6. The third-order valence-corrected chi connectivity index (χ3v) is 5.66. The smallest absolute Gasteiger partial charge is 0.260 e. The van der Waals surface area contributed by atoms with Gasteiger partial charge < -0.3 is 9.64 Å². The molecule has 1 N–H and O–H groups in total. The van der Waals surface area contributed by atoms with Crippen LogP contribution in [0.5, 0.6) is 5.75 Å². The summed E-state index contributed by atoms with van der Waals surface area (Å²) in [5, 5.41) is 3.91. The Bertz CT molecular complexity index is 1010. The van der Waals surface area contributed by atoms with Crippen molar-refractivity contribution >= 4 is 49.4 Å². The zero-order valence-corrected chi connectivity index (χ0v) is 19.0. The first kappa shape index (κ1) is 22.7. The molecule has 156 valence electrons. The maximum Gasteiger partial charge on any atom is 0.260 e. The number of anilines is 2. The minimum atomic E-state index is -3.68. The second-order valence-corrected chi connectivity index (χ2v) is 9.13. The highest BCUT2D eigenvalue weighted by Crippen LogP contribution is 2.25. The minimum Gasteiger partial charge on any atom is -0.497 e. The van der Waals surface area contributed by atoms with E-state index in [9.17, 15) is 13.2 Å². The highest BCUT2D eigenvalue weighted by Gasteiger charge is 2.21. The zero-order valence-electron chi connectivity index (χ0n) is 16.6. The topological polar surface area (TPSA) is 91.3 Å². The van der Waals surface area contributed by atoms with Crippen molar-refractivity contribution in [3.05, 3.63) is 52.5 Å². The summed E-state index contributed by atoms with van der Waals surface area (Å²) < 4.78 is 31.3. The van der Waals surface area contributed by atoms with E-state index in [-0.39, 0.29) is 0 Å². The molecule has 0 radical (unpaired) electrons. The highest BCUT2D eigenvalue weighted by atomic mass is 79.9. The summed E-state index contributed by atoms with van der Waals surface area (Å²) in [6, 6.07) is 12.1. The largest absolute Gasteiger partial charge is 0.497 e. The van der Waals surface area contributed by atoms with E-state index in [1.165, 1.54) is 13.3 Å². The van der Waals surface area contributed by atoms with Crippen molar-refractivity contribution in [2.45, 2.75) is 0 Å². The van der Waals surface area contributed by atoms with Crippen molar-refractivity contribution < 1.29 is 17.9 Å². The van der Waals surface area contributed by atoms with Crippen molar-refractivity contribution in [1.29, 1.82) is 0 Å². The summed E-state index contributed by atoms with van der Waals surface area (Å²) >= 11 is 3.49. The van der Waals surface area contributed by atoms with E-state index in [0.29, 0.717) is 11.4 Å². The number of nitrogens with one attached hydrogen (secondary N) is 1. The maximum absolute atomic E-state index is 12.3. The summed E-state index contributed by atoms with van der Waals surface area (Å²) in [5.41, 5.74) is 4.47. The number of benzene rings is 2. The van der Waals surface area contributed by atoms with Gasteiger partial charge in [-0.15, -0.1) is 0 Å². The Morgan fingerprint density at radius 1 is 1.24 bits per heavy atom. The fourth-order valence-corrected chi connectivity index (χ4v) is 4.08. The highest BCUT2D eigenvalue weighted by molar-refractivity contribution is 9.10. The van der Waals surface area contributed by atoms with Crippen LogP contribution >= 0.6 is 15.9 Å². The van der Waals surface area contributed by atoms with Gasteiger partial charge in [-0.25, -0.2) is 13.8 Å². The summed E-state index contributed by atoms with van der Waals surface area (Å²) in [7, 11) is 1.67. The molecule has 0 atom stereocenters. The lowest BCUT2D eigenvalue weighted by Crippen LogP contribution is -2.39.